The fourth-order valence-corrected chi connectivity index (χ4v) is 1.53. The Hall–Kier alpha value is -1.71. The van der Waals surface area contributed by atoms with Gasteiger partial charge in [0.25, 0.3) is 0 Å². The first kappa shape index (κ1) is 14.4. The lowest BCUT2D eigenvalue weighted by molar-refractivity contribution is -0.121. The van der Waals surface area contributed by atoms with E-state index in [1.54, 1.807) is 0 Å². The summed E-state index contributed by atoms with van der Waals surface area (Å²) in [5.41, 5.74) is 0.431. The second-order valence-electron chi connectivity index (χ2n) is 4.91. The third kappa shape index (κ3) is 3.65. The van der Waals surface area contributed by atoms with Crippen LogP contribution in [0.1, 0.15) is 33.3 Å². The Kier molecular flexibility index (Phi) is 4.59. The number of aromatic hydroxyl groups is 2. The van der Waals surface area contributed by atoms with Gasteiger partial charge in [-0.25, -0.2) is 0 Å². The van der Waals surface area contributed by atoms with Crippen molar-refractivity contribution in [2.45, 2.75) is 40.2 Å². The highest BCUT2D eigenvalue weighted by atomic mass is 16.5. The molecule has 1 aromatic carbocycles. The number of ether oxygens (including phenoxy) is 1. The van der Waals surface area contributed by atoms with Gasteiger partial charge in [0.2, 0.25) is 0 Å². The maximum absolute atomic E-state index is 11.8. The number of hydrogen-bond donors (Lipinski definition) is 2. The summed E-state index contributed by atoms with van der Waals surface area (Å²) < 4.78 is 5.52. The average Bonchev–Trinajstić information content (AvgIpc) is 2.21. The van der Waals surface area contributed by atoms with E-state index in [-0.39, 0.29) is 35.7 Å². The van der Waals surface area contributed by atoms with Gasteiger partial charge in [-0.05, 0) is 13.8 Å². The van der Waals surface area contributed by atoms with Crippen molar-refractivity contribution < 1.29 is 19.7 Å². The Bertz CT molecular complexity index is 436. The maximum Gasteiger partial charge on any atom is 0.140 e. The fourth-order valence-electron chi connectivity index (χ4n) is 1.53. The second-order valence-corrected chi connectivity index (χ2v) is 4.91. The van der Waals surface area contributed by atoms with Gasteiger partial charge in [-0.1, -0.05) is 13.8 Å². The van der Waals surface area contributed by atoms with Crippen LogP contribution in [0.15, 0.2) is 12.1 Å². The molecule has 18 heavy (non-hydrogen) atoms. The third-order valence-corrected chi connectivity index (χ3v) is 2.53. The van der Waals surface area contributed by atoms with Gasteiger partial charge in [0.15, 0.2) is 0 Å². The minimum atomic E-state index is -0.111. The normalized spacial score (nSPS) is 11.0. The molecule has 0 aliphatic heterocycles. The van der Waals surface area contributed by atoms with Crippen LogP contribution in [0.2, 0.25) is 0 Å². The number of carbonyl (C=O) groups is 1. The summed E-state index contributed by atoms with van der Waals surface area (Å²) in [7, 11) is 0. The van der Waals surface area contributed by atoms with Crippen LogP contribution >= 0.6 is 0 Å². The van der Waals surface area contributed by atoms with Gasteiger partial charge in [-0.15, -0.1) is 0 Å². The Morgan fingerprint density at radius 2 is 1.83 bits per heavy atom. The molecule has 1 rings (SSSR count). The van der Waals surface area contributed by atoms with Crippen LogP contribution in [0.3, 0.4) is 0 Å². The molecule has 4 nitrogen and oxygen atoms in total. The molecule has 0 aromatic heterocycles. The van der Waals surface area contributed by atoms with Crippen LogP contribution in [-0.4, -0.2) is 22.1 Å². The van der Waals surface area contributed by atoms with Crippen molar-refractivity contribution >= 4 is 5.78 Å². The van der Waals surface area contributed by atoms with Crippen molar-refractivity contribution in [3.05, 3.63) is 17.7 Å². The molecule has 4 heteroatoms. The number of benzene rings is 1. The van der Waals surface area contributed by atoms with E-state index < -0.39 is 0 Å². The van der Waals surface area contributed by atoms with Crippen molar-refractivity contribution in [3.8, 4) is 17.2 Å². The molecule has 0 amide bonds. The molecular formula is C14H20O4. The molecule has 0 radical (unpaired) electrons. The number of Topliss-reactive ketones (excluding diaryl/α,β-unsaturated/α-hetero) is 1. The largest absolute Gasteiger partial charge is 0.508 e. The molecule has 0 aliphatic rings. The molecule has 0 unspecified atom stereocenters. The first-order valence-electron chi connectivity index (χ1n) is 6.05. The summed E-state index contributed by atoms with van der Waals surface area (Å²) in [4.78, 5) is 11.8. The highest BCUT2D eigenvalue weighted by molar-refractivity contribution is 5.84. The van der Waals surface area contributed by atoms with Crippen molar-refractivity contribution in [1.29, 1.82) is 0 Å². The van der Waals surface area contributed by atoms with Crippen molar-refractivity contribution in [2.24, 2.45) is 5.92 Å². The monoisotopic (exact) mass is 252 g/mol. The number of carbonyl (C=O) groups excluding carboxylic acids is 1. The lowest BCUT2D eigenvalue weighted by Gasteiger charge is -2.16. The van der Waals surface area contributed by atoms with Crippen molar-refractivity contribution in [1.82, 2.24) is 0 Å². The zero-order valence-electron chi connectivity index (χ0n) is 11.2. The standard InChI is InChI=1S/C14H20O4/c1-8(2)12(16)7-11-13(17)5-10(15)6-14(11)18-9(3)4/h5-6,8-9,15,17H,7H2,1-4H3. The van der Waals surface area contributed by atoms with Gasteiger partial charge in [0.1, 0.15) is 23.0 Å². The molecular weight excluding hydrogens is 232 g/mol. The number of ketones is 1. The van der Waals surface area contributed by atoms with E-state index in [0.29, 0.717) is 11.3 Å². The zero-order chi connectivity index (χ0) is 13.9. The predicted octanol–water partition coefficient (Wildman–Crippen LogP) is 2.65. The van der Waals surface area contributed by atoms with Gasteiger partial charge in [-0.2, -0.15) is 0 Å². The average molecular weight is 252 g/mol. The van der Waals surface area contributed by atoms with Crippen LogP contribution in [0, 0.1) is 5.92 Å². The molecule has 100 valence electrons. The van der Waals surface area contributed by atoms with Gasteiger partial charge >= 0.3 is 0 Å². The number of phenols is 2. The number of hydrogen-bond acceptors (Lipinski definition) is 4. The minimum absolute atomic E-state index is 0.0181. The van der Waals surface area contributed by atoms with Crippen LogP contribution in [0.5, 0.6) is 17.2 Å². The lowest BCUT2D eigenvalue weighted by atomic mass is 9.99. The zero-order valence-corrected chi connectivity index (χ0v) is 11.2. The first-order valence-corrected chi connectivity index (χ1v) is 6.05. The van der Waals surface area contributed by atoms with Crippen molar-refractivity contribution in [3.63, 3.8) is 0 Å². The van der Waals surface area contributed by atoms with E-state index >= 15 is 0 Å². The molecule has 0 bridgehead atoms. The highest BCUT2D eigenvalue weighted by Gasteiger charge is 2.18. The minimum Gasteiger partial charge on any atom is -0.508 e. The smallest absolute Gasteiger partial charge is 0.140 e. The fraction of sp³-hybridized carbons (Fsp3) is 0.500. The lowest BCUT2D eigenvalue weighted by Crippen LogP contribution is -2.13. The molecule has 0 heterocycles. The second kappa shape index (κ2) is 5.76. The SMILES string of the molecule is CC(C)Oc1cc(O)cc(O)c1CC(=O)C(C)C. The Morgan fingerprint density at radius 3 is 2.33 bits per heavy atom. The van der Waals surface area contributed by atoms with E-state index in [9.17, 15) is 15.0 Å². The van der Waals surface area contributed by atoms with E-state index in [4.69, 9.17) is 4.74 Å². The maximum atomic E-state index is 11.8. The summed E-state index contributed by atoms with van der Waals surface area (Å²) >= 11 is 0. The third-order valence-electron chi connectivity index (χ3n) is 2.53. The number of rotatable bonds is 5. The topological polar surface area (TPSA) is 66.8 Å². The van der Waals surface area contributed by atoms with E-state index in [1.807, 2.05) is 27.7 Å². The van der Waals surface area contributed by atoms with Gasteiger partial charge < -0.3 is 14.9 Å². The molecule has 0 spiro atoms. The summed E-state index contributed by atoms with van der Waals surface area (Å²) in [6, 6.07) is 2.64. The molecule has 0 saturated heterocycles. The molecule has 0 atom stereocenters. The van der Waals surface area contributed by atoms with Crippen LogP contribution in [0.25, 0.3) is 0 Å². The Labute approximate surface area is 107 Å². The molecule has 0 saturated carbocycles. The van der Waals surface area contributed by atoms with Crippen LogP contribution in [0.4, 0.5) is 0 Å². The van der Waals surface area contributed by atoms with Gasteiger partial charge in [-0.3, -0.25) is 4.79 Å². The molecule has 0 fully saturated rings. The molecule has 1 aromatic rings. The summed E-state index contributed by atoms with van der Waals surface area (Å²) in [6.07, 6.45) is 0.00496. The summed E-state index contributed by atoms with van der Waals surface area (Å²) in [6.45, 7) is 7.30. The van der Waals surface area contributed by atoms with Crippen LogP contribution in [-0.2, 0) is 11.2 Å². The molecule has 2 N–H and O–H groups in total. The van der Waals surface area contributed by atoms with Gasteiger partial charge in [0, 0.05) is 30.0 Å². The first-order chi connectivity index (χ1) is 8.31. The Morgan fingerprint density at radius 1 is 1.22 bits per heavy atom. The molecule has 0 aliphatic carbocycles. The highest BCUT2D eigenvalue weighted by Crippen LogP contribution is 2.34. The predicted molar refractivity (Wildman–Crippen MR) is 69.1 cm³/mol. The Balaban J connectivity index is 3.11. The quantitative estimate of drug-likeness (QED) is 0.845. The number of phenolic OH excluding ortho intramolecular Hbond substituents is 2. The van der Waals surface area contributed by atoms with Crippen LogP contribution < -0.4 is 4.74 Å². The van der Waals surface area contributed by atoms with E-state index in [1.165, 1.54) is 12.1 Å². The van der Waals surface area contributed by atoms with Crippen molar-refractivity contribution in [2.75, 3.05) is 0 Å². The van der Waals surface area contributed by atoms with Gasteiger partial charge in [0.05, 0.1) is 6.10 Å². The van der Waals surface area contributed by atoms with E-state index in [0.717, 1.165) is 0 Å². The van der Waals surface area contributed by atoms with E-state index in [2.05, 4.69) is 0 Å². The summed E-state index contributed by atoms with van der Waals surface area (Å²) in [5, 5.41) is 19.3. The summed E-state index contributed by atoms with van der Waals surface area (Å²) in [5.74, 6) is 0.0785.